The van der Waals surface area contributed by atoms with Gasteiger partial charge in [-0.05, 0) is 77.7 Å². The number of unbranched alkanes of at least 4 members (excludes halogenated alkanes) is 1. The first-order chi connectivity index (χ1) is 39.3. The average Bonchev–Trinajstić information content (AvgIpc) is 3.41. The number of nitrogens with two attached hydrogens (primary N) is 1. The summed E-state index contributed by atoms with van der Waals surface area (Å²) in [4.78, 5) is 24.4. The van der Waals surface area contributed by atoms with Crippen molar-refractivity contribution < 1.29 is 87.7 Å². The van der Waals surface area contributed by atoms with Gasteiger partial charge in [0.05, 0.1) is 80.4 Å². The van der Waals surface area contributed by atoms with Crippen LogP contribution in [-0.2, 0) is 28.9 Å². The number of hydrogen-bond donors (Lipinski definition) is 13. The topological polar surface area (TPSA) is 356 Å². The van der Waals surface area contributed by atoms with Crippen molar-refractivity contribution in [1.29, 1.82) is 0 Å². The van der Waals surface area contributed by atoms with E-state index < -0.39 is 108 Å². The molecule has 0 spiro atoms. The predicted octanol–water partition coefficient (Wildman–Crippen LogP) is 5.84. The number of esters is 1. The maximum atomic E-state index is 13.1. The summed E-state index contributed by atoms with van der Waals surface area (Å²) in [6.07, 6.45) is 32.2. The van der Waals surface area contributed by atoms with Crippen molar-refractivity contribution in [1.82, 2.24) is 0 Å². The molecule has 0 radical (unpaired) electrons. The fraction of sp³-hybridized carbons (Fsp3) is 0.556. The lowest BCUT2D eigenvalue weighted by atomic mass is 9.88. The zero-order chi connectivity index (χ0) is 62.6. The molecule has 0 aromatic carbocycles. The van der Waals surface area contributed by atoms with E-state index in [0.29, 0.717) is 25.0 Å². The molecule has 20 heteroatoms. The van der Waals surface area contributed by atoms with Gasteiger partial charge < -0.3 is 66.6 Å². The van der Waals surface area contributed by atoms with Crippen LogP contribution in [0, 0.1) is 17.8 Å². The fourth-order valence-corrected chi connectivity index (χ4v) is 8.61. The minimum atomic E-state index is -4.95. The summed E-state index contributed by atoms with van der Waals surface area (Å²) >= 11 is 0. The summed E-state index contributed by atoms with van der Waals surface area (Å²) < 4.78 is 42.1. The predicted molar refractivity (Wildman–Crippen MR) is 324 cm³/mol. The van der Waals surface area contributed by atoms with E-state index in [1.165, 1.54) is 44.4 Å². The summed E-state index contributed by atoms with van der Waals surface area (Å²) in [5.41, 5.74) is 5.93. The summed E-state index contributed by atoms with van der Waals surface area (Å²) in [5.74, 6) is -2.63. The highest BCUT2D eigenvalue weighted by Gasteiger charge is 2.30. The van der Waals surface area contributed by atoms with E-state index in [0.717, 1.165) is 12.8 Å². The molecule has 0 aliphatic heterocycles. The van der Waals surface area contributed by atoms with Crippen molar-refractivity contribution in [2.45, 2.75) is 191 Å². The van der Waals surface area contributed by atoms with Crippen molar-refractivity contribution in [3.05, 3.63) is 157 Å². The van der Waals surface area contributed by atoms with E-state index in [4.69, 9.17) is 9.92 Å². The molecule has 0 rings (SSSR count). The van der Waals surface area contributed by atoms with Crippen LogP contribution in [0.5, 0.6) is 0 Å². The van der Waals surface area contributed by atoms with Crippen LogP contribution in [0.15, 0.2) is 157 Å². The SMILES string of the molecule is COC(=O)/C(C)=C/C=C/C=C/CC/C=C/C(C)C(O)C(C)C(O)/C=C/C=C/C=C/C=C/C=C/C=C/CC(OS(=O)(=O)O)C(C)C(=O)CC(O)CC(O)/C=C/CC(O)CC(O)CC(O)/C=C/CC(O)CC(O)/C=C/CC(O)CC(O)CCCN. The zero-order valence-electron chi connectivity index (χ0n) is 49.0. The van der Waals surface area contributed by atoms with E-state index in [-0.39, 0.29) is 69.7 Å². The van der Waals surface area contributed by atoms with E-state index in [1.807, 2.05) is 37.3 Å². The second kappa shape index (κ2) is 47.4. The molecule has 15 atom stereocenters. The molecule has 0 bridgehead atoms. The Hall–Kier alpha value is -4.85. The van der Waals surface area contributed by atoms with Gasteiger partial charge >= 0.3 is 16.4 Å². The number of carbonyl (C=O) groups excluding carboxylic acids is 2. The lowest BCUT2D eigenvalue weighted by Crippen LogP contribution is -2.32. The van der Waals surface area contributed by atoms with Crippen LogP contribution >= 0.6 is 0 Å². The molecule has 0 saturated carbocycles. The van der Waals surface area contributed by atoms with Crippen molar-refractivity contribution in [3.8, 4) is 0 Å². The smallest absolute Gasteiger partial charge is 0.397 e. The highest BCUT2D eigenvalue weighted by Crippen LogP contribution is 2.21. The lowest BCUT2D eigenvalue weighted by Gasteiger charge is -2.25. The highest BCUT2D eigenvalue weighted by molar-refractivity contribution is 7.80. The molecular formula is C63H99NO18S. The number of ether oxygens (including phenoxy) is 1. The quantitative estimate of drug-likeness (QED) is 0.00850. The largest absolute Gasteiger partial charge is 0.466 e. The Bertz CT molecular complexity index is 2280. The van der Waals surface area contributed by atoms with Crippen molar-refractivity contribution in [2.75, 3.05) is 13.7 Å². The van der Waals surface area contributed by atoms with Crippen LogP contribution in [0.2, 0.25) is 0 Å². The molecular weight excluding hydrogens is 1090 g/mol. The third kappa shape index (κ3) is 43.4. The van der Waals surface area contributed by atoms with Gasteiger partial charge in [-0.25, -0.2) is 8.98 Å². The Kier molecular flexibility index (Phi) is 44.6. The van der Waals surface area contributed by atoms with Crippen molar-refractivity contribution in [2.24, 2.45) is 23.5 Å². The maximum absolute atomic E-state index is 13.1. The molecule has 0 aliphatic rings. The number of aliphatic hydroxyl groups is 11. The number of Topliss-reactive ketones (excluding diaryl/α,β-unsaturated/α-hetero) is 1. The molecule has 0 amide bonds. The Morgan fingerprint density at radius 2 is 0.976 bits per heavy atom. The van der Waals surface area contributed by atoms with Crippen LogP contribution < -0.4 is 5.73 Å². The molecule has 0 fully saturated rings. The minimum absolute atomic E-state index is 0.00168. The van der Waals surface area contributed by atoms with Gasteiger partial charge in [0.1, 0.15) is 5.78 Å². The molecule has 14 N–H and O–H groups in total. The Labute approximate surface area is 493 Å². The molecule has 0 aromatic heterocycles. The number of hydrogen-bond acceptors (Lipinski definition) is 18. The number of rotatable bonds is 46. The van der Waals surface area contributed by atoms with Crippen LogP contribution in [0.1, 0.15) is 118 Å². The summed E-state index contributed by atoms with van der Waals surface area (Å²) in [7, 11) is -3.62. The van der Waals surface area contributed by atoms with Gasteiger partial charge in [-0.2, -0.15) is 8.42 Å². The van der Waals surface area contributed by atoms with Gasteiger partial charge in [0.15, 0.2) is 0 Å². The second-order valence-electron chi connectivity index (χ2n) is 20.7. The molecule has 470 valence electrons. The summed E-state index contributed by atoms with van der Waals surface area (Å²) in [6, 6.07) is 0. The third-order valence-corrected chi connectivity index (χ3v) is 13.5. The lowest BCUT2D eigenvalue weighted by molar-refractivity contribution is -0.136. The number of ketones is 1. The third-order valence-electron chi connectivity index (χ3n) is 13.0. The Balaban J connectivity index is 4.81. The first-order valence-electron chi connectivity index (χ1n) is 28.4. The van der Waals surface area contributed by atoms with Crippen LogP contribution in [-0.4, -0.2) is 168 Å². The van der Waals surface area contributed by atoms with Gasteiger partial charge in [0.25, 0.3) is 0 Å². The van der Waals surface area contributed by atoms with Crippen molar-refractivity contribution in [3.63, 3.8) is 0 Å². The first-order valence-corrected chi connectivity index (χ1v) is 29.8. The molecule has 0 aliphatic carbocycles. The number of carbonyl (C=O) groups is 2. The maximum Gasteiger partial charge on any atom is 0.397 e. The van der Waals surface area contributed by atoms with E-state index in [1.54, 1.807) is 105 Å². The first kappa shape index (κ1) is 78.1. The molecule has 83 heavy (non-hydrogen) atoms. The van der Waals surface area contributed by atoms with E-state index in [2.05, 4.69) is 4.74 Å². The fourth-order valence-electron chi connectivity index (χ4n) is 8.05. The van der Waals surface area contributed by atoms with E-state index in [9.17, 15) is 78.7 Å². The normalized spacial score (nSPS) is 19.2. The Morgan fingerprint density at radius 3 is 1.51 bits per heavy atom. The molecule has 0 aromatic rings. The van der Waals surface area contributed by atoms with Gasteiger partial charge in [0, 0.05) is 49.0 Å². The molecule has 15 unspecified atom stereocenters. The van der Waals surface area contributed by atoms with Gasteiger partial charge in [-0.1, -0.05) is 173 Å². The minimum Gasteiger partial charge on any atom is -0.466 e. The summed E-state index contributed by atoms with van der Waals surface area (Å²) in [5, 5.41) is 114. The van der Waals surface area contributed by atoms with Crippen molar-refractivity contribution >= 4 is 22.2 Å². The van der Waals surface area contributed by atoms with Gasteiger partial charge in [-0.15, -0.1) is 0 Å². The standard InChI is InChI=1S/C63H99NO18S/c1-46(28-20-16-12-11-13-17-21-29-47(2)63(77)81-5)62(76)49(4)59(74)37-22-18-14-9-7-6-8-10-15-19-23-38-61(82-83(78,79)80)48(3)60(75)45-58(73)44-55(70)35-26-34-54(69)43-57(72)42-53(68)33-25-32-51(66)40-50(65)30-24-31-52(67)41-56(71)36-27-39-64/h6-11,13-15,17-26,28-30,33,35,37,46,48-59,61-62,65-74,76H,12,16,27,31-32,34,36,38-45,64H2,1-5H3,(H,78,79,80)/b8-6+,9-7+,13-11+,15-10+,18-14+,21-17+,23-19+,28-20+,30-24+,33-25+,35-26+,37-22+,47-29+. The van der Waals surface area contributed by atoms with Gasteiger partial charge in [-0.3, -0.25) is 9.35 Å². The molecule has 0 heterocycles. The summed E-state index contributed by atoms with van der Waals surface area (Å²) in [6.45, 7) is 7.20. The van der Waals surface area contributed by atoms with E-state index >= 15 is 0 Å². The zero-order valence-corrected chi connectivity index (χ0v) is 49.8. The van der Waals surface area contributed by atoms with Crippen LogP contribution in [0.25, 0.3) is 0 Å². The average molecular weight is 1190 g/mol. The number of aliphatic hydroxyl groups excluding tert-OH is 11. The Morgan fingerprint density at radius 1 is 0.518 bits per heavy atom. The molecule has 19 nitrogen and oxygen atoms in total. The highest BCUT2D eigenvalue weighted by atomic mass is 32.3. The monoisotopic (exact) mass is 1190 g/mol. The number of methoxy groups -OCH3 is 1. The second-order valence-corrected chi connectivity index (χ2v) is 21.7. The number of allylic oxidation sites excluding steroid dienone is 16. The van der Waals surface area contributed by atoms with Gasteiger partial charge in [0.2, 0.25) is 0 Å². The molecule has 0 saturated heterocycles. The van der Waals surface area contributed by atoms with Crippen LogP contribution in [0.4, 0.5) is 0 Å². The van der Waals surface area contributed by atoms with Crippen LogP contribution in [0.3, 0.4) is 0 Å².